The summed E-state index contributed by atoms with van der Waals surface area (Å²) in [6, 6.07) is 33.2. The van der Waals surface area contributed by atoms with Crippen LogP contribution in [0.1, 0.15) is 21.5 Å². The van der Waals surface area contributed by atoms with Crippen molar-refractivity contribution in [1.29, 1.82) is 0 Å². The summed E-state index contributed by atoms with van der Waals surface area (Å²) in [6.07, 6.45) is 0. The molecular weight excluding hydrogens is 506 g/mol. The van der Waals surface area contributed by atoms with Gasteiger partial charge in [-0.2, -0.15) is 0 Å². The zero-order chi connectivity index (χ0) is 24.7. The molecule has 0 radical (unpaired) electrons. The molecule has 1 N–H and O–H groups in total. The molecule has 176 valence electrons. The van der Waals surface area contributed by atoms with Crippen LogP contribution in [0, 0.1) is 0 Å². The Kier molecular flexibility index (Phi) is 7.75. The molecular formula is C29H24BrNO4. The van der Waals surface area contributed by atoms with Crippen LogP contribution in [0.5, 0.6) is 5.75 Å². The number of esters is 1. The van der Waals surface area contributed by atoms with Crippen molar-refractivity contribution >= 4 is 33.5 Å². The second-order valence-corrected chi connectivity index (χ2v) is 8.63. The minimum absolute atomic E-state index is 0.314. The van der Waals surface area contributed by atoms with E-state index in [2.05, 4.69) is 15.9 Å². The first-order valence-corrected chi connectivity index (χ1v) is 12.2. The summed E-state index contributed by atoms with van der Waals surface area (Å²) in [4.78, 5) is 28.0. The minimum atomic E-state index is -1.89. The van der Waals surface area contributed by atoms with Gasteiger partial charge in [-0.1, -0.05) is 94.8 Å². The Labute approximate surface area is 212 Å². The third-order valence-electron chi connectivity index (χ3n) is 5.61. The van der Waals surface area contributed by atoms with Crippen molar-refractivity contribution in [3.8, 4) is 5.75 Å². The Balaban J connectivity index is 1.66. The molecule has 4 rings (SSSR count). The lowest BCUT2D eigenvalue weighted by Gasteiger charge is -2.34. The maximum Gasteiger partial charge on any atom is 0.343 e. The highest BCUT2D eigenvalue weighted by atomic mass is 79.9. The molecule has 0 aliphatic carbocycles. The van der Waals surface area contributed by atoms with Gasteiger partial charge in [0.2, 0.25) is 0 Å². The fraction of sp³-hybridized carbons (Fsp3) is 0.103. The second-order valence-electron chi connectivity index (χ2n) is 7.84. The van der Waals surface area contributed by atoms with Crippen molar-refractivity contribution in [2.75, 3.05) is 16.8 Å². The summed E-state index contributed by atoms with van der Waals surface area (Å²) < 4.78 is 5.40. The van der Waals surface area contributed by atoms with Crippen LogP contribution in [-0.4, -0.2) is 28.9 Å². The van der Waals surface area contributed by atoms with E-state index in [9.17, 15) is 14.7 Å². The first-order chi connectivity index (χ1) is 17.0. The molecule has 35 heavy (non-hydrogen) atoms. The van der Waals surface area contributed by atoms with Crippen molar-refractivity contribution in [2.24, 2.45) is 0 Å². The van der Waals surface area contributed by atoms with Crippen molar-refractivity contribution < 1.29 is 19.4 Å². The average Bonchev–Trinajstić information content (AvgIpc) is 2.92. The van der Waals surface area contributed by atoms with Crippen molar-refractivity contribution in [1.82, 2.24) is 0 Å². The Morgan fingerprint density at radius 3 is 1.71 bits per heavy atom. The van der Waals surface area contributed by atoms with Crippen LogP contribution in [-0.2, 0) is 10.4 Å². The molecule has 6 heteroatoms. The number of halogens is 1. The van der Waals surface area contributed by atoms with E-state index in [0.717, 1.165) is 0 Å². The van der Waals surface area contributed by atoms with Gasteiger partial charge < -0.3 is 14.7 Å². The SMILES string of the molecule is O=C(Oc1ccccc1)c1ccc(N(CCBr)C(=O)C(O)(c2ccccc2)c2ccccc2)cc1. The lowest BCUT2D eigenvalue weighted by molar-refractivity contribution is -0.133. The fourth-order valence-electron chi connectivity index (χ4n) is 3.83. The number of carbonyl (C=O) groups is 2. The van der Waals surface area contributed by atoms with Gasteiger partial charge in [0.05, 0.1) is 5.56 Å². The Bertz CT molecular complexity index is 1220. The number of hydrogen-bond donors (Lipinski definition) is 1. The molecule has 0 aromatic heterocycles. The summed E-state index contributed by atoms with van der Waals surface area (Å²) in [5, 5.41) is 12.4. The van der Waals surface area contributed by atoms with Gasteiger partial charge in [-0.25, -0.2) is 4.79 Å². The van der Waals surface area contributed by atoms with E-state index in [1.54, 1.807) is 97.1 Å². The summed E-state index contributed by atoms with van der Waals surface area (Å²) in [6.45, 7) is 0.314. The maximum atomic E-state index is 14.0. The number of anilines is 1. The normalized spacial score (nSPS) is 11.0. The number of hydrogen-bond acceptors (Lipinski definition) is 4. The fourth-order valence-corrected chi connectivity index (χ4v) is 4.19. The Morgan fingerprint density at radius 1 is 0.743 bits per heavy atom. The van der Waals surface area contributed by atoms with Crippen molar-refractivity contribution in [3.05, 3.63) is 132 Å². The van der Waals surface area contributed by atoms with Crippen LogP contribution in [0.25, 0.3) is 0 Å². The third-order valence-corrected chi connectivity index (χ3v) is 5.97. The van der Waals surface area contributed by atoms with Gasteiger partial charge in [-0.3, -0.25) is 4.79 Å². The van der Waals surface area contributed by atoms with Crippen LogP contribution in [0.3, 0.4) is 0 Å². The van der Waals surface area contributed by atoms with Crippen LogP contribution in [0.4, 0.5) is 5.69 Å². The standard InChI is InChI=1S/C29H24BrNO4/c30-20-21-31(25-18-16-22(17-19-25)27(32)35-26-14-8-3-9-15-26)28(33)29(34,23-10-4-1-5-11-23)24-12-6-2-7-13-24/h1-19,34H,20-21H2. The van der Waals surface area contributed by atoms with Gasteiger partial charge in [0.1, 0.15) is 5.75 Å². The molecule has 0 fully saturated rings. The first kappa shape index (κ1) is 24.4. The average molecular weight is 530 g/mol. The predicted molar refractivity (Wildman–Crippen MR) is 140 cm³/mol. The van der Waals surface area contributed by atoms with Crippen LogP contribution in [0.2, 0.25) is 0 Å². The molecule has 5 nitrogen and oxygen atoms in total. The predicted octanol–water partition coefficient (Wildman–Crippen LogP) is 5.57. The molecule has 0 atom stereocenters. The van der Waals surface area contributed by atoms with Crippen LogP contribution in [0.15, 0.2) is 115 Å². The van der Waals surface area contributed by atoms with Crippen LogP contribution >= 0.6 is 15.9 Å². The number of amides is 1. The number of benzene rings is 4. The molecule has 0 saturated carbocycles. The van der Waals surface area contributed by atoms with Crippen molar-refractivity contribution in [2.45, 2.75) is 5.60 Å². The number of ether oxygens (including phenoxy) is 1. The van der Waals surface area contributed by atoms with Gasteiger partial charge in [0, 0.05) is 17.6 Å². The van der Waals surface area contributed by atoms with E-state index in [-0.39, 0.29) is 0 Å². The third kappa shape index (κ3) is 5.34. The maximum absolute atomic E-state index is 14.0. The minimum Gasteiger partial charge on any atom is -0.423 e. The largest absolute Gasteiger partial charge is 0.423 e. The molecule has 0 saturated heterocycles. The first-order valence-electron chi connectivity index (χ1n) is 11.1. The lowest BCUT2D eigenvalue weighted by atomic mass is 9.85. The van der Waals surface area contributed by atoms with E-state index in [4.69, 9.17) is 4.74 Å². The number of rotatable bonds is 8. The second kappa shape index (κ2) is 11.1. The number of carbonyl (C=O) groups excluding carboxylic acids is 2. The number of nitrogens with zero attached hydrogens (tertiary/aromatic N) is 1. The topological polar surface area (TPSA) is 66.8 Å². The summed E-state index contributed by atoms with van der Waals surface area (Å²) >= 11 is 3.42. The highest BCUT2D eigenvalue weighted by molar-refractivity contribution is 9.09. The zero-order valence-corrected chi connectivity index (χ0v) is 20.5. The van der Waals surface area contributed by atoms with Crippen molar-refractivity contribution in [3.63, 3.8) is 0 Å². The molecule has 0 unspecified atom stereocenters. The van der Waals surface area contributed by atoms with E-state index in [1.165, 1.54) is 4.90 Å². The Morgan fingerprint density at radius 2 is 1.23 bits per heavy atom. The molecule has 0 aliphatic rings. The molecule has 0 bridgehead atoms. The number of para-hydroxylation sites is 1. The van der Waals surface area contributed by atoms with E-state index in [1.807, 2.05) is 18.2 Å². The highest BCUT2D eigenvalue weighted by Gasteiger charge is 2.43. The molecule has 0 aliphatic heterocycles. The quantitative estimate of drug-likeness (QED) is 0.184. The Hall–Kier alpha value is -3.74. The van der Waals surface area contributed by atoms with Gasteiger partial charge in [-0.05, 0) is 47.5 Å². The molecule has 4 aromatic carbocycles. The van der Waals surface area contributed by atoms with Gasteiger partial charge in [0.15, 0.2) is 5.60 Å². The lowest BCUT2D eigenvalue weighted by Crippen LogP contribution is -2.48. The number of aliphatic hydroxyl groups is 1. The smallest absolute Gasteiger partial charge is 0.343 e. The summed E-state index contributed by atoms with van der Waals surface area (Å²) in [7, 11) is 0. The monoisotopic (exact) mass is 529 g/mol. The van der Waals surface area contributed by atoms with Gasteiger partial charge in [-0.15, -0.1) is 0 Å². The molecule has 4 aromatic rings. The number of alkyl halides is 1. The van der Waals surface area contributed by atoms with E-state index < -0.39 is 17.5 Å². The zero-order valence-electron chi connectivity index (χ0n) is 18.9. The van der Waals surface area contributed by atoms with Crippen LogP contribution < -0.4 is 9.64 Å². The molecule has 1 amide bonds. The van der Waals surface area contributed by atoms with Gasteiger partial charge in [0.25, 0.3) is 5.91 Å². The summed E-state index contributed by atoms with van der Waals surface area (Å²) in [5.41, 5.74) is -0.0471. The van der Waals surface area contributed by atoms with E-state index in [0.29, 0.717) is 40.0 Å². The summed E-state index contributed by atoms with van der Waals surface area (Å²) in [5.74, 6) is -0.534. The van der Waals surface area contributed by atoms with Gasteiger partial charge >= 0.3 is 5.97 Å². The highest BCUT2D eigenvalue weighted by Crippen LogP contribution is 2.33. The molecule has 0 heterocycles. The molecule has 0 spiro atoms. The van der Waals surface area contributed by atoms with E-state index >= 15 is 0 Å².